The van der Waals surface area contributed by atoms with Crippen LogP contribution in [-0.4, -0.2) is 45.8 Å². The summed E-state index contributed by atoms with van der Waals surface area (Å²) >= 11 is 0. The smallest absolute Gasteiger partial charge is 0.214 e. The third kappa shape index (κ3) is 4.23. The molecule has 0 radical (unpaired) electrons. The van der Waals surface area contributed by atoms with Crippen molar-refractivity contribution < 1.29 is 8.42 Å². The van der Waals surface area contributed by atoms with Crippen LogP contribution in [0.15, 0.2) is 73.2 Å². The Bertz CT molecular complexity index is 1300. The first-order valence-electron chi connectivity index (χ1n) is 11.1. The summed E-state index contributed by atoms with van der Waals surface area (Å²) < 4.78 is 30.1. The molecule has 2 atom stereocenters. The maximum absolute atomic E-state index is 13.0. The van der Waals surface area contributed by atoms with Crippen LogP contribution in [-0.2, 0) is 23.0 Å². The maximum atomic E-state index is 13.0. The minimum absolute atomic E-state index is 0.0373. The molecule has 32 heavy (non-hydrogen) atoms. The number of aromatic nitrogens is 3. The van der Waals surface area contributed by atoms with E-state index in [-0.39, 0.29) is 11.8 Å². The summed E-state index contributed by atoms with van der Waals surface area (Å²) in [5, 5.41) is 8.07. The normalized spacial score (nSPS) is 19.7. The number of nitrogens with one attached hydrogen (secondary N) is 1. The minimum atomic E-state index is -3.28. The molecule has 1 aliphatic heterocycles. The number of hydrogen-bond acceptors (Lipinski definition) is 3. The van der Waals surface area contributed by atoms with Crippen LogP contribution in [0, 0.1) is 5.92 Å². The molecule has 5 rings (SSSR count). The van der Waals surface area contributed by atoms with Gasteiger partial charge in [0.15, 0.2) is 0 Å². The van der Waals surface area contributed by atoms with Crippen LogP contribution in [0.5, 0.6) is 0 Å². The molecule has 7 heteroatoms. The number of H-pyrrole nitrogens is 1. The van der Waals surface area contributed by atoms with E-state index < -0.39 is 10.0 Å². The van der Waals surface area contributed by atoms with Crippen molar-refractivity contribution in [1.29, 1.82) is 0 Å². The van der Waals surface area contributed by atoms with Gasteiger partial charge in [0, 0.05) is 48.0 Å². The number of rotatable bonds is 7. The molecule has 2 aromatic carbocycles. The molecule has 0 saturated carbocycles. The quantitative estimate of drug-likeness (QED) is 0.458. The number of aryl methyl sites for hydroxylation is 1. The summed E-state index contributed by atoms with van der Waals surface area (Å²) in [5.41, 5.74) is 4.44. The second kappa shape index (κ2) is 8.56. The Kier molecular flexibility index (Phi) is 5.61. The molecule has 2 aromatic heterocycles. The van der Waals surface area contributed by atoms with Gasteiger partial charge in [-0.05, 0) is 55.0 Å². The predicted molar refractivity (Wildman–Crippen MR) is 128 cm³/mol. The van der Waals surface area contributed by atoms with Crippen molar-refractivity contribution in [2.24, 2.45) is 5.92 Å². The first kappa shape index (κ1) is 21.0. The van der Waals surface area contributed by atoms with Gasteiger partial charge in [-0.15, -0.1) is 0 Å². The molecule has 6 nitrogen and oxygen atoms in total. The third-order valence-corrected chi connectivity index (χ3v) is 8.45. The zero-order chi connectivity index (χ0) is 22.1. The Morgan fingerprint density at radius 2 is 1.94 bits per heavy atom. The average Bonchev–Trinajstić information content (AvgIpc) is 3.54. The molecule has 4 aromatic rings. The number of nitrogens with zero attached hydrogens (tertiary/aromatic N) is 3. The first-order chi connectivity index (χ1) is 15.5. The second-order valence-corrected chi connectivity index (χ2v) is 10.8. The average molecular weight is 449 g/mol. The molecule has 1 saturated heterocycles. The highest BCUT2D eigenvalue weighted by molar-refractivity contribution is 7.89. The fourth-order valence-electron chi connectivity index (χ4n) is 4.86. The molecular formula is C25H28N4O2S. The van der Waals surface area contributed by atoms with E-state index in [0.717, 1.165) is 29.7 Å². The fraction of sp³-hybridized carbons (Fsp3) is 0.320. The molecule has 0 spiro atoms. The van der Waals surface area contributed by atoms with Crippen LogP contribution in [0.4, 0.5) is 0 Å². The summed E-state index contributed by atoms with van der Waals surface area (Å²) in [7, 11) is -3.28. The molecule has 3 heterocycles. The first-order valence-corrected chi connectivity index (χ1v) is 12.7. The van der Waals surface area contributed by atoms with Gasteiger partial charge >= 0.3 is 0 Å². The summed E-state index contributed by atoms with van der Waals surface area (Å²) in [6.45, 7) is 3.44. The Morgan fingerprint density at radius 3 is 2.72 bits per heavy atom. The maximum Gasteiger partial charge on any atom is 0.214 e. The molecule has 0 aliphatic carbocycles. The highest BCUT2D eigenvalue weighted by Gasteiger charge is 2.36. The van der Waals surface area contributed by atoms with Crippen LogP contribution in [0.2, 0.25) is 0 Å². The minimum Gasteiger partial charge on any atom is -0.347 e. The Balaban J connectivity index is 1.27. The lowest BCUT2D eigenvalue weighted by Gasteiger charge is -2.21. The molecule has 0 amide bonds. The van der Waals surface area contributed by atoms with Crippen LogP contribution >= 0.6 is 0 Å². The lowest BCUT2D eigenvalue weighted by atomic mass is 10.1. The topological polar surface area (TPSA) is 71.0 Å². The van der Waals surface area contributed by atoms with Gasteiger partial charge in [0.2, 0.25) is 10.0 Å². The van der Waals surface area contributed by atoms with Crippen molar-refractivity contribution in [1.82, 2.24) is 19.1 Å². The van der Waals surface area contributed by atoms with Crippen molar-refractivity contribution in [2.45, 2.75) is 32.4 Å². The van der Waals surface area contributed by atoms with Gasteiger partial charge < -0.3 is 4.57 Å². The van der Waals surface area contributed by atoms with E-state index in [2.05, 4.69) is 45.2 Å². The van der Waals surface area contributed by atoms with E-state index in [9.17, 15) is 8.42 Å². The fourth-order valence-corrected chi connectivity index (χ4v) is 6.66. The van der Waals surface area contributed by atoms with Crippen molar-refractivity contribution >= 4 is 20.9 Å². The summed E-state index contributed by atoms with van der Waals surface area (Å²) in [6.07, 6.45) is 7.27. The number of fused-ring (bicyclic) bond motifs is 1. The van der Waals surface area contributed by atoms with E-state index in [1.807, 2.05) is 49.6 Å². The van der Waals surface area contributed by atoms with Crippen LogP contribution in [0.1, 0.15) is 18.9 Å². The van der Waals surface area contributed by atoms with Gasteiger partial charge in [0.1, 0.15) is 0 Å². The van der Waals surface area contributed by atoms with Crippen LogP contribution < -0.4 is 0 Å². The van der Waals surface area contributed by atoms with Gasteiger partial charge in [-0.2, -0.15) is 9.40 Å². The van der Waals surface area contributed by atoms with Gasteiger partial charge in [0.05, 0.1) is 11.9 Å². The Morgan fingerprint density at radius 1 is 1.09 bits per heavy atom. The number of hydrogen-bond donors (Lipinski definition) is 1. The van der Waals surface area contributed by atoms with Gasteiger partial charge in [-0.1, -0.05) is 36.4 Å². The molecular weight excluding hydrogens is 420 g/mol. The molecule has 1 unspecified atom stereocenters. The largest absolute Gasteiger partial charge is 0.347 e. The van der Waals surface area contributed by atoms with Gasteiger partial charge in [0.25, 0.3) is 0 Å². The van der Waals surface area contributed by atoms with Crippen LogP contribution in [0.25, 0.3) is 22.0 Å². The summed E-state index contributed by atoms with van der Waals surface area (Å²) in [5.74, 6) is 0.470. The van der Waals surface area contributed by atoms with Gasteiger partial charge in [-0.25, -0.2) is 8.42 Å². The van der Waals surface area contributed by atoms with Crippen molar-refractivity contribution in [3.63, 3.8) is 0 Å². The standard InChI is InChI=1S/C25H28N4O2S/c1-19-13-21(18-29(19)32(30,31)12-10-20-5-3-2-4-6-20)17-28-11-9-23-14-22(7-8-25(23)28)24-15-26-27-16-24/h2-9,11,14-16,19,21H,10,12-13,17-18H2,1H3,(H,26,27)/t19-,21?/m1/s1. The van der Waals surface area contributed by atoms with E-state index in [1.165, 1.54) is 10.9 Å². The molecule has 1 aliphatic rings. The zero-order valence-corrected chi connectivity index (χ0v) is 19.0. The predicted octanol–water partition coefficient (Wildman–Crippen LogP) is 4.31. The van der Waals surface area contributed by atoms with Crippen molar-refractivity contribution in [3.05, 3.63) is 78.8 Å². The van der Waals surface area contributed by atoms with E-state index in [1.54, 1.807) is 4.31 Å². The van der Waals surface area contributed by atoms with Crippen molar-refractivity contribution in [3.8, 4) is 11.1 Å². The van der Waals surface area contributed by atoms with Crippen LogP contribution in [0.3, 0.4) is 0 Å². The highest BCUT2D eigenvalue weighted by Crippen LogP contribution is 2.30. The number of aromatic amines is 1. The van der Waals surface area contributed by atoms with E-state index >= 15 is 0 Å². The van der Waals surface area contributed by atoms with E-state index in [0.29, 0.717) is 18.9 Å². The lowest BCUT2D eigenvalue weighted by molar-refractivity contribution is 0.399. The van der Waals surface area contributed by atoms with Crippen molar-refractivity contribution in [2.75, 3.05) is 12.3 Å². The second-order valence-electron chi connectivity index (χ2n) is 8.80. The number of benzene rings is 2. The Hall–Kier alpha value is -2.90. The van der Waals surface area contributed by atoms with E-state index in [4.69, 9.17) is 0 Å². The van der Waals surface area contributed by atoms with Gasteiger partial charge in [-0.3, -0.25) is 5.10 Å². The Labute approximate surface area is 188 Å². The molecule has 166 valence electrons. The lowest BCUT2D eigenvalue weighted by Crippen LogP contribution is -2.36. The summed E-state index contributed by atoms with van der Waals surface area (Å²) in [4.78, 5) is 0. The summed E-state index contributed by atoms with van der Waals surface area (Å²) in [6, 6.07) is 18.4. The zero-order valence-electron chi connectivity index (χ0n) is 18.2. The monoisotopic (exact) mass is 448 g/mol. The highest BCUT2D eigenvalue weighted by atomic mass is 32.2. The molecule has 1 fully saturated rings. The third-order valence-electron chi connectivity index (χ3n) is 6.51. The molecule has 0 bridgehead atoms. The SMILES string of the molecule is C[C@@H]1CC(Cn2ccc3cc(-c4cn[nH]c4)ccc32)CN1S(=O)(=O)CCc1ccccc1. The number of sulfonamides is 1. The molecule has 1 N–H and O–H groups in total.